The Balaban J connectivity index is 1.95. The highest BCUT2D eigenvalue weighted by Crippen LogP contribution is 2.33. The van der Waals surface area contributed by atoms with Crippen LogP contribution in [0.4, 0.5) is 0 Å². The minimum atomic E-state index is -3.29. The lowest BCUT2D eigenvalue weighted by Crippen LogP contribution is -2.17. The molecule has 0 unspecified atom stereocenters. The molecule has 1 atom stereocenters. The molecule has 0 radical (unpaired) electrons. The van der Waals surface area contributed by atoms with Gasteiger partial charge in [0.1, 0.15) is 23.4 Å². The van der Waals surface area contributed by atoms with E-state index in [1.807, 2.05) is 31.2 Å². The summed E-state index contributed by atoms with van der Waals surface area (Å²) in [6, 6.07) is 15.3. The van der Waals surface area contributed by atoms with E-state index in [0.29, 0.717) is 35.3 Å². The number of ether oxygens (including phenoxy) is 3. The number of hydrogen-bond donors (Lipinski definition) is 2. The highest BCUT2D eigenvalue weighted by atomic mass is 32.2. The zero-order chi connectivity index (χ0) is 23.3. The standard InChI is InChI=1S/C23H26N2O6S/c1-15(14-29-3)30-19-11-17(23-10-9-22(24-23)16(2)25-26)12-20(13-19)31-18-5-7-21(8-6-18)32(4,27)28/h5-13,15,24,26H,14H2,1-4H3/b25-16+/t15-/m0/s1. The third-order valence-electron chi connectivity index (χ3n) is 4.64. The van der Waals surface area contributed by atoms with Crippen molar-refractivity contribution in [3.05, 3.63) is 60.3 Å². The van der Waals surface area contributed by atoms with E-state index in [4.69, 9.17) is 19.4 Å². The van der Waals surface area contributed by atoms with E-state index in [1.54, 1.807) is 32.2 Å². The maximum Gasteiger partial charge on any atom is 0.175 e. The van der Waals surface area contributed by atoms with Crippen LogP contribution < -0.4 is 9.47 Å². The number of oxime groups is 1. The van der Waals surface area contributed by atoms with Crippen LogP contribution >= 0.6 is 0 Å². The van der Waals surface area contributed by atoms with Crippen LogP contribution in [0.25, 0.3) is 11.3 Å². The number of nitrogens with one attached hydrogen (secondary N) is 1. The van der Waals surface area contributed by atoms with Gasteiger partial charge in [0.2, 0.25) is 0 Å². The lowest BCUT2D eigenvalue weighted by atomic mass is 10.1. The summed E-state index contributed by atoms with van der Waals surface area (Å²) in [6.07, 6.45) is 0.977. The Hall–Kier alpha value is -3.30. The molecule has 8 nitrogen and oxygen atoms in total. The Bertz CT molecular complexity index is 1200. The topological polar surface area (TPSA) is 110 Å². The molecule has 0 aliphatic rings. The number of nitrogens with zero attached hydrogens (tertiary/aromatic N) is 1. The van der Waals surface area contributed by atoms with Gasteiger partial charge in [0.05, 0.1) is 22.9 Å². The van der Waals surface area contributed by atoms with Gasteiger partial charge < -0.3 is 24.4 Å². The fourth-order valence-corrected chi connectivity index (χ4v) is 3.71. The number of aromatic nitrogens is 1. The second-order valence-corrected chi connectivity index (χ2v) is 9.41. The van der Waals surface area contributed by atoms with Crippen LogP contribution in [0.15, 0.2) is 64.6 Å². The Kier molecular flexibility index (Phi) is 7.22. The summed E-state index contributed by atoms with van der Waals surface area (Å²) in [4.78, 5) is 3.43. The zero-order valence-electron chi connectivity index (χ0n) is 18.3. The van der Waals surface area contributed by atoms with E-state index in [9.17, 15) is 8.42 Å². The van der Waals surface area contributed by atoms with Crippen LogP contribution in [-0.4, -0.2) is 50.4 Å². The summed E-state index contributed by atoms with van der Waals surface area (Å²) < 4.78 is 40.5. The second-order valence-electron chi connectivity index (χ2n) is 7.39. The van der Waals surface area contributed by atoms with Crippen molar-refractivity contribution in [1.29, 1.82) is 0 Å². The maximum absolute atomic E-state index is 11.7. The van der Waals surface area contributed by atoms with E-state index >= 15 is 0 Å². The molecule has 0 fully saturated rings. The van der Waals surface area contributed by atoms with Crippen molar-refractivity contribution < 1.29 is 27.8 Å². The molecule has 3 aromatic rings. The highest BCUT2D eigenvalue weighted by Gasteiger charge is 2.12. The summed E-state index contributed by atoms with van der Waals surface area (Å²) in [6.45, 7) is 4.01. The summed E-state index contributed by atoms with van der Waals surface area (Å²) in [5.74, 6) is 1.58. The minimum Gasteiger partial charge on any atom is -0.488 e. The van der Waals surface area contributed by atoms with E-state index < -0.39 is 9.84 Å². The molecule has 2 N–H and O–H groups in total. The first-order chi connectivity index (χ1) is 15.2. The predicted octanol–water partition coefficient (Wildman–Crippen LogP) is 4.49. The van der Waals surface area contributed by atoms with E-state index in [2.05, 4.69) is 10.1 Å². The van der Waals surface area contributed by atoms with Gasteiger partial charge in [0.25, 0.3) is 0 Å². The lowest BCUT2D eigenvalue weighted by Gasteiger charge is -2.16. The molecule has 170 valence electrons. The molecular weight excluding hydrogens is 432 g/mol. The first-order valence-electron chi connectivity index (χ1n) is 9.86. The number of hydrogen-bond acceptors (Lipinski definition) is 7. The molecule has 0 aliphatic carbocycles. The van der Waals surface area contributed by atoms with Crippen molar-refractivity contribution in [2.75, 3.05) is 20.0 Å². The van der Waals surface area contributed by atoms with Gasteiger partial charge in [0.15, 0.2) is 9.84 Å². The Morgan fingerprint density at radius 3 is 2.38 bits per heavy atom. The maximum atomic E-state index is 11.7. The molecule has 9 heteroatoms. The Labute approximate surface area is 187 Å². The van der Waals surface area contributed by atoms with E-state index in [1.165, 1.54) is 12.1 Å². The minimum absolute atomic E-state index is 0.180. The Morgan fingerprint density at radius 2 is 1.75 bits per heavy atom. The summed E-state index contributed by atoms with van der Waals surface area (Å²) in [5.41, 5.74) is 2.72. The first-order valence-corrected chi connectivity index (χ1v) is 11.8. The summed E-state index contributed by atoms with van der Waals surface area (Å²) >= 11 is 0. The van der Waals surface area contributed by atoms with Gasteiger partial charge in [-0.25, -0.2) is 8.42 Å². The molecule has 3 rings (SSSR count). The number of aromatic amines is 1. The van der Waals surface area contributed by atoms with Crippen LogP contribution in [0, 0.1) is 0 Å². The van der Waals surface area contributed by atoms with Gasteiger partial charge in [-0.15, -0.1) is 0 Å². The predicted molar refractivity (Wildman–Crippen MR) is 122 cm³/mol. The second kappa shape index (κ2) is 9.88. The average molecular weight is 459 g/mol. The molecule has 0 amide bonds. The Morgan fingerprint density at radius 1 is 1.06 bits per heavy atom. The van der Waals surface area contributed by atoms with Crippen LogP contribution in [0.2, 0.25) is 0 Å². The molecule has 0 aliphatic heterocycles. The number of sulfone groups is 1. The quantitative estimate of drug-likeness (QED) is 0.278. The van der Waals surface area contributed by atoms with Gasteiger partial charge in [-0.1, -0.05) is 5.16 Å². The molecule has 0 spiro atoms. The first kappa shape index (κ1) is 23.4. The zero-order valence-corrected chi connectivity index (χ0v) is 19.1. The van der Waals surface area contributed by atoms with Crippen LogP contribution in [-0.2, 0) is 14.6 Å². The number of methoxy groups -OCH3 is 1. The van der Waals surface area contributed by atoms with E-state index in [-0.39, 0.29) is 11.0 Å². The van der Waals surface area contributed by atoms with Crippen LogP contribution in [0.1, 0.15) is 19.5 Å². The van der Waals surface area contributed by atoms with Crippen molar-refractivity contribution in [1.82, 2.24) is 4.98 Å². The molecule has 32 heavy (non-hydrogen) atoms. The third kappa shape index (κ3) is 5.89. The van der Waals surface area contributed by atoms with Crippen molar-refractivity contribution >= 4 is 15.5 Å². The largest absolute Gasteiger partial charge is 0.488 e. The normalized spacial score (nSPS) is 13.1. The monoisotopic (exact) mass is 458 g/mol. The third-order valence-corrected chi connectivity index (χ3v) is 5.77. The van der Waals surface area contributed by atoms with Gasteiger partial charge in [-0.2, -0.15) is 0 Å². The fourth-order valence-electron chi connectivity index (χ4n) is 3.07. The molecule has 1 aromatic heterocycles. The van der Waals surface area contributed by atoms with Gasteiger partial charge in [-0.05, 0) is 62.4 Å². The van der Waals surface area contributed by atoms with Gasteiger partial charge in [-0.3, -0.25) is 0 Å². The number of rotatable bonds is 9. The SMILES string of the molecule is COC[C@H](C)Oc1cc(Oc2ccc(S(C)(=O)=O)cc2)cc(-c2ccc(/C(C)=N/O)[nH]2)c1. The number of benzene rings is 2. The van der Waals surface area contributed by atoms with Crippen molar-refractivity contribution in [3.8, 4) is 28.5 Å². The molecule has 0 bridgehead atoms. The summed E-state index contributed by atoms with van der Waals surface area (Å²) in [5, 5.41) is 12.2. The van der Waals surface area contributed by atoms with Gasteiger partial charge in [0, 0.05) is 30.7 Å². The van der Waals surface area contributed by atoms with Crippen molar-refractivity contribution in [2.24, 2.45) is 5.16 Å². The van der Waals surface area contributed by atoms with E-state index in [0.717, 1.165) is 17.5 Å². The van der Waals surface area contributed by atoms with Gasteiger partial charge >= 0.3 is 0 Å². The molecule has 2 aromatic carbocycles. The molecule has 0 saturated heterocycles. The highest BCUT2D eigenvalue weighted by molar-refractivity contribution is 7.90. The molecule has 1 heterocycles. The van der Waals surface area contributed by atoms with Crippen molar-refractivity contribution in [2.45, 2.75) is 24.8 Å². The summed E-state index contributed by atoms with van der Waals surface area (Å²) in [7, 11) is -1.68. The molecule has 0 saturated carbocycles. The fraction of sp³-hybridized carbons (Fsp3) is 0.261. The molecular formula is C23H26N2O6S. The van der Waals surface area contributed by atoms with Crippen molar-refractivity contribution in [3.63, 3.8) is 0 Å². The number of H-pyrrole nitrogens is 1. The average Bonchev–Trinajstić information content (AvgIpc) is 3.23. The smallest absolute Gasteiger partial charge is 0.175 e. The van der Waals surface area contributed by atoms with Crippen LogP contribution in [0.5, 0.6) is 17.2 Å². The lowest BCUT2D eigenvalue weighted by molar-refractivity contribution is 0.0920. The van der Waals surface area contributed by atoms with Crippen LogP contribution in [0.3, 0.4) is 0 Å².